The normalized spacial score (nSPS) is 16.5. The van der Waals surface area contributed by atoms with Gasteiger partial charge in [-0.1, -0.05) is 55.4 Å². The summed E-state index contributed by atoms with van der Waals surface area (Å²) in [7, 11) is 0. The molecule has 1 aliphatic rings. The smallest absolute Gasteiger partial charge is 0.191 e. The van der Waals surface area contributed by atoms with Gasteiger partial charge in [0, 0.05) is 28.1 Å². The Hall–Kier alpha value is -1.59. The number of benzene rings is 1. The molecule has 4 rings (SSSR count). The van der Waals surface area contributed by atoms with E-state index in [-0.39, 0.29) is 0 Å². The van der Waals surface area contributed by atoms with E-state index in [0.29, 0.717) is 0 Å². The molecular formula is C22H27N3S2. The van der Waals surface area contributed by atoms with Crippen LogP contribution in [0.15, 0.2) is 34.8 Å². The molecule has 142 valence electrons. The van der Waals surface area contributed by atoms with Gasteiger partial charge in [-0.3, -0.25) is 0 Å². The van der Waals surface area contributed by atoms with Gasteiger partial charge in [-0.25, -0.2) is 0 Å². The molecule has 0 amide bonds. The molecular weight excluding hydrogens is 370 g/mol. The number of fused-ring (bicyclic) bond motifs is 1. The van der Waals surface area contributed by atoms with Crippen molar-refractivity contribution in [1.82, 2.24) is 14.8 Å². The Bertz CT molecular complexity index is 908. The van der Waals surface area contributed by atoms with Crippen LogP contribution >= 0.6 is 23.1 Å². The molecule has 1 unspecified atom stereocenters. The first-order valence-corrected chi connectivity index (χ1v) is 11.7. The maximum Gasteiger partial charge on any atom is 0.191 e. The van der Waals surface area contributed by atoms with Crippen LogP contribution in [0.1, 0.15) is 48.3 Å². The van der Waals surface area contributed by atoms with Crippen LogP contribution in [0.3, 0.4) is 0 Å². The zero-order valence-corrected chi connectivity index (χ0v) is 18.0. The van der Waals surface area contributed by atoms with Crippen LogP contribution in [-0.2, 0) is 25.1 Å². The Labute approximate surface area is 170 Å². The van der Waals surface area contributed by atoms with E-state index in [1.54, 1.807) is 16.6 Å². The Morgan fingerprint density at radius 2 is 2.04 bits per heavy atom. The van der Waals surface area contributed by atoms with E-state index in [2.05, 4.69) is 65.2 Å². The highest BCUT2D eigenvalue weighted by Gasteiger charge is 2.24. The molecule has 5 heteroatoms. The number of rotatable bonds is 6. The summed E-state index contributed by atoms with van der Waals surface area (Å²) in [5.41, 5.74) is 5.49. The van der Waals surface area contributed by atoms with Crippen LogP contribution < -0.4 is 0 Å². The van der Waals surface area contributed by atoms with E-state index < -0.39 is 0 Å². The van der Waals surface area contributed by atoms with Crippen LogP contribution in [0, 0.1) is 12.8 Å². The standard InChI is InChI=1S/C22H27N3S2/c1-4-11-25-21(19-14-26-20-12-16(3)7-10-18(19)20)23-24-22(25)27-13-17-8-5-15(2)6-9-17/h5-6,8-9,14,16H,4,7,10-13H2,1-3H3. The lowest BCUT2D eigenvalue weighted by Gasteiger charge is -2.19. The van der Waals surface area contributed by atoms with E-state index >= 15 is 0 Å². The minimum absolute atomic E-state index is 0.804. The fourth-order valence-electron chi connectivity index (χ4n) is 3.72. The van der Waals surface area contributed by atoms with Crippen LogP contribution in [0.25, 0.3) is 11.4 Å². The van der Waals surface area contributed by atoms with E-state index in [9.17, 15) is 0 Å². The zero-order chi connectivity index (χ0) is 18.8. The fourth-order valence-corrected chi connectivity index (χ4v) is 5.88. The molecule has 0 saturated heterocycles. The van der Waals surface area contributed by atoms with Gasteiger partial charge in [-0.2, -0.15) is 0 Å². The molecule has 0 aliphatic heterocycles. The second kappa shape index (κ2) is 8.19. The first-order chi connectivity index (χ1) is 13.2. The van der Waals surface area contributed by atoms with Crippen LogP contribution in [0.5, 0.6) is 0 Å². The highest BCUT2D eigenvalue weighted by molar-refractivity contribution is 7.98. The molecule has 0 saturated carbocycles. The van der Waals surface area contributed by atoms with Gasteiger partial charge in [0.1, 0.15) is 0 Å². The summed E-state index contributed by atoms with van der Waals surface area (Å²) in [4.78, 5) is 1.56. The summed E-state index contributed by atoms with van der Waals surface area (Å²) in [5.74, 6) is 2.80. The van der Waals surface area contributed by atoms with Gasteiger partial charge in [0.15, 0.2) is 11.0 Å². The highest BCUT2D eigenvalue weighted by atomic mass is 32.2. The molecule has 1 aliphatic carbocycles. The minimum atomic E-state index is 0.804. The predicted octanol–water partition coefficient (Wildman–Crippen LogP) is 6.14. The van der Waals surface area contributed by atoms with E-state index in [0.717, 1.165) is 35.6 Å². The second-order valence-electron chi connectivity index (χ2n) is 7.63. The average Bonchev–Trinajstić information content (AvgIpc) is 3.25. The third-order valence-corrected chi connectivity index (χ3v) is 7.38. The van der Waals surface area contributed by atoms with Crippen molar-refractivity contribution in [1.29, 1.82) is 0 Å². The van der Waals surface area contributed by atoms with Crippen molar-refractivity contribution in [3.8, 4) is 11.4 Å². The minimum Gasteiger partial charge on any atom is -0.302 e. The van der Waals surface area contributed by atoms with Crippen molar-refractivity contribution in [3.05, 3.63) is 51.2 Å². The van der Waals surface area contributed by atoms with Crippen molar-refractivity contribution >= 4 is 23.1 Å². The quantitative estimate of drug-likeness (QED) is 0.468. The molecule has 0 bridgehead atoms. The number of hydrogen-bond donors (Lipinski definition) is 0. The third kappa shape index (κ3) is 3.99. The molecule has 3 nitrogen and oxygen atoms in total. The Morgan fingerprint density at radius 1 is 1.22 bits per heavy atom. The summed E-state index contributed by atoms with van der Waals surface area (Å²) >= 11 is 3.70. The lowest BCUT2D eigenvalue weighted by molar-refractivity contribution is 0.508. The molecule has 1 atom stereocenters. The zero-order valence-electron chi connectivity index (χ0n) is 16.4. The van der Waals surface area contributed by atoms with Gasteiger partial charge in [0.25, 0.3) is 0 Å². The van der Waals surface area contributed by atoms with Gasteiger partial charge < -0.3 is 4.57 Å². The third-order valence-electron chi connectivity index (χ3n) is 5.30. The summed E-state index contributed by atoms with van der Waals surface area (Å²) < 4.78 is 2.33. The SMILES string of the molecule is CCCn1c(SCc2ccc(C)cc2)nnc1-c1csc2c1CCC(C)C2. The van der Waals surface area contributed by atoms with Crippen LogP contribution in [0.4, 0.5) is 0 Å². The van der Waals surface area contributed by atoms with Crippen molar-refractivity contribution < 1.29 is 0 Å². The summed E-state index contributed by atoms with van der Waals surface area (Å²) in [5, 5.41) is 12.5. The topological polar surface area (TPSA) is 30.7 Å². The molecule has 2 aromatic heterocycles. The van der Waals surface area contributed by atoms with Gasteiger partial charge in [-0.15, -0.1) is 21.5 Å². The lowest BCUT2D eigenvalue weighted by Crippen LogP contribution is -2.10. The van der Waals surface area contributed by atoms with E-state index in [1.165, 1.54) is 41.5 Å². The number of aromatic nitrogens is 3. The average molecular weight is 398 g/mol. The number of aryl methyl sites for hydroxylation is 1. The number of hydrogen-bond acceptors (Lipinski definition) is 4. The van der Waals surface area contributed by atoms with Crippen molar-refractivity contribution in [2.45, 2.75) is 63.9 Å². The monoisotopic (exact) mass is 397 g/mol. The van der Waals surface area contributed by atoms with Crippen LogP contribution in [-0.4, -0.2) is 14.8 Å². The summed E-state index contributed by atoms with van der Waals surface area (Å²) in [6.07, 6.45) is 4.78. The van der Waals surface area contributed by atoms with Gasteiger partial charge in [-0.05, 0) is 49.7 Å². The van der Waals surface area contributed by atoms with Gasteiger partial charge in [0.2, 0.25) is 0 Å². The largest absolute Gasteiger partial charge is 0.302 e. The fraction of sp³-hybridized carbons (Fsp3) is 0.455. The van der Waals surface area contributed by atoms with E-state index in [4.69, 9.17) is 0 Å². The Kier molecular flexibility index (Phi) is 5.69. The number of thioether (sulfide) groups is 1. The molecule has 0 N–H and O–H groups in total. The first-order valence-electron chi connectivity index (χ1n) is 9.86. The summed E-state index contributed by atoms with van der Waals surface area (Å²) in [6.45, 7) is 7.69. The molecule has 2 heterocycles. The first kappa shape index (κ1) is 18.8. The van der Waals surface area contributed by atoms with Crippen LogP contribution in [0.2, 0.25) is 0 Å². The molecule has 0 fully saturated rings. The molecule has 1 aromatic carbocycles. The maximum absolute atomic E-state index is 4.63. The highest BCUT2D eigenvalue weighted by Crippen LogP contribution is 2.38. The molecule has 0 spiro atoms. The van der Waals surface area contributed by atoms with Crippen molar-refractivity contribution in [2.75, 3.05) is 0 Å². The molecule has 3 aromatic rings. The van der Waals surface area contributed by atoms with Crippen molar-refractivity contribution in [3.63, 3.8) is 0 Å². The Balaban J connectivity index is 1.60. The number of thiophene rings is 1. The molecule has 0 radical (unpaired) electrons. The predicted molar refractivity (Wildman–Crippen MR) is 116 cm³/mol. The molecule has 27 heavy (non-hydrogen) atoms. The second-order valence-corrected chi connectivity index (χ2v) is 9.54. The van der Waals surface area contributed by atoms with Gasteiger partial charge >= 0.3 is 0 Å². The maximum atomic E-state index is 4.63. The van der Waals surface area contributed by atoms with Gasteiger partial charge in [0.05, 0.1) is 0 Å². The number of nitrogens with zero attached hydrogens (tertiary/aromatic N) is 3. The van der Waals surface area contributed by atoms with Crippen molar-refractivity contribution in [2.24, 2.45) is 5.92 Å². The van der Waals surface area contributed by atoms with E-state index in [1.807, 2.05) is 11.3 Å². The lowest BCUT2D eigenvalue weighted by atomic mass is 9.88. The summed E-state index contributed by atoms with van der Waals surface area (Å²) in [6, 6.07) is 8.77. The Morgan fingerprint density at radius 3 is 2.81 bits per heavy atom.